The van der Waals surface area contributed by atoms with Gasteiger partial charge in [-0.15, -0.1) is 11.8 Å². The number of hydrogen-bond acceptors (Lipinski definition) is 4. The lowest BCUT2D eigenvalue weighted by molar-refractivity contribution is -0.142. The van der Waals surface area contributed by atoms with Crippen molar-refractivity contribution in [3.05, 3.63) is 23.0 Å². The van der Waals surface area contributed by atoms with Crippen molar-refractivity contribution in [2.45, 2.75) is 51.2 Å². The zero-order valence-corrected chi connectivity index (χ0v) is 16.1. The average molecular weight is 376 g/mol. The second kappa shape index (κ2) is 8.72. The van der Waals surface area contributed by atoms with E-state index in [1.54, 1.807) is 13.8 Å². The minimum absolute atomic E-state index is 0.0483. The second-order valence-corrected chi connectivity index (χ2v) is 8.35. The summed E-state index contributed by atoms with van der Waals surface area (Å²) in [6, 6.07) is 2.58. The molecule has 0 aliphatic carbocycles. The minimum Gasteiger partial charge on any atom is -0.465 e. The highest BCUT2D eigenvalue weighted by atomic mass is 35.5. The van der Waals surface area contributed by atoms with Crippen molar-refractivity contribution in [1.82, 2.24) is 0 Å². The Morgan fingerprint density at radius 1 is 1.38 bits per heavy atom. The maximum absolute atomic E-state index is 14.0. The molecular weight excluding hydrogens is 353 g/mol. The van der Waals surface area contributed by atoms with E-state index in [-0.39, 0.29) is 41.0 Å². The first-order chi connectivity index (χ1) is 11.0. The molecule has 1 atom stereocenters. The molecule has 0 bridgehead atoms. The van der Waals surface area contributed by atoms with E-state index in [0.717, 1.165) is 17.8 Å². The molecule has 1 amide bonds. The van der Waals surface area contributed by atoms with Crippen molar-refractivity contribution in [1.29, 1.82) is 0 Å². The van der Waals surface area contributed by atoms with Crippen molar-refractivity contribution in [3.63, 3.8) is 0 Å². The van der Waals surface area contributed by atoms with Crippen LogP contribution in [0.5, 0.6) is 0 Å². The molecular formula is C17H23ClFNO3S. The molecule has 0 spiro atoms. The molecule has 24 heavy (non-hydrogen) atoms. The number of nitrogens with one attached hydrogen (secondary N) is 1. The third-order valence-corrected chi connectivity index (χ3v) is 4.47. The number of halogens is 2. The van der Waals surface area contributed by atoms with Crippen LogP contribution in [0.15, 0.2) is 17.0 Å². The summed E-state index contributed by atoms with van der Waals surface area (Å²) in [5, 5.41) is 2.25. The number of carbonyl (C=O) groups excluding carboxylic acids is 2. The minimum atomic E-state index is -0.615. The molecule has 7 heteroatoms. The summed E-state index contributed by atoms with van der Waals surface area (Å²) in [4.78, 5) is 24.2. The average Bonchev–Trinajstić information content (AvgIpc) is 2.42. The Kier molecular flexibility index (Phi) is 7.55. The van der Waals surface area contributed by atoms with Crippen LogP contribution >= 0.6 is 23.4 Å². The first-order valence-electron chi connectivity index (χ1n) is 7.65. The molecule has 0 fully saturated rings. The van der Waals surface area contributed by atoms with Gasteiger partial charge in [0, 0.05) is 11.3 Å². The van der Waals surface area contributed by atoms with Gasteiger partial charge in [-0.05, 0) is 31.4 Å². The quantitative estimate of drug-likeness (QED) is 0.567. The zero-order chi connectivity index (χ0) is 18.5. The molecule has 0 radical (unpaired) electrons. The van der Waals surface area contributed by atoms with Gasteiger partial charge in [0.2, 0.25) is 5.91 Å². The fraction of sp³-hybridized carbons (Fsp3) is 0.529. The van der Waals surface area contributed by atoms with Crippen molar-refractivity contribution in [3.8, 4) is 0 Å². The molecule has 1 aromatic carbocycles. The highest BCUT2D eigenvalue weighted by Gasteiger charge is 2.20. The van der Waals surface area contributed by atoms with Crippen LogP contribution in [0.2, 0.25) is 5.02 Å². The van der Waals surface area contributed by atoms with E-state index < -0.39 is 11.1 Å². The van der Waals surface area contributed by atoms with Gasteiger partial charge in [-0.3, -0.25) is 9.59 Å². The summed E-state index contributed by atoms with van der Waals surface area (Å²) in [7, 11) is 0. The van der Waals surface area contributed by atoms with E-state index in [4.69, 9.17) is 16.3 Å². The number of amides is 1. The second-order valence-electron chi connectivity index (χ2n) is 6.56. The van der Waals surface area contributed by atoms with Crippen LogP contribution in [0.3, 0.4) is 0 Å². The van der Waals surface area contributed by atoms with Crippen molar-refractivity contribution >= 4 is 40.9 Å². The number of rotatable bonds is 6. The van der Waals surface area contributed by atoms with Crippen LogP contribution in [-0.2, 0) is 14.3 Å². The summed E-state index contributed by atoms with van der Waals surface area (Å²) in [5.41, 5.74) is -0.157. The normalized spacial score (nSPS) is 12.6. The van der Waals surface area contributed by atoms with Gasteiger partial charge in [-0.25, -0.2) is 4.39 Å². The summed E-state index contributed by atoms with van der Waals surface area (Å²) >= 11 is 7.20. The van der Waals surface area contributed by atoms with Gasteiger partial charge in [0.05, 0.1) is 17.3 Å². The zero-order valence-electron chi connectivity index (χ0n) is 14.5. The number of ether oxygens (including phenoxy) is 1. The largest absolute Gasteiger partial charge is 0.465 e. The molecule has 4 nitrogen and oxygen atoms in total. The molecule has 0 heterocycles. The SMILES string of the molecule is CCOC(=O)C(C)Sc1cc(NC(=O)CC(C)(C)C)c(F)cc1Cl. The van der Waals surface area contributed by atoms with Crippen LogP contribution < -0.4 is 5.32 Å². The smallest absolute Gasteiger partial charge is 0.319 e. The van der Waals surface area contributed by atoms with E-state index >= 15 is 0 Å². The van der Waals surface area contributed by atoms with Gasteiger partial charge in [-0.2, -0.15) is 0 Å². The van der Waals surface area contributed by atoms with Crippen LogP contribution in [0.1, 0.15) is 41.0 Å². The Morgan fingerprint density at radius 3 is 2.54 bits per heavy atom. The maximum atomic E-state index is 14.0. The van der Waals surface area contributed by atoms with Crippen molar-refractivity contribution in [2.24, 2.45) is 5.41 Å². The van der Waals surface area contributed by atoms with E-state index in [1.165, 1.54) is 6.07 Å². The molecule has 1 aromatic rings. The van der Waals surface area contributed by atoms with Gasteiger partial charge < -0.3 is 10.1 Å². The molecule has 134 valence electrons. The Morgan fingerprint density at radius 2 is 2.00 bits per heavy atom. The Bertz CT molecular complexity index is 617. The van der Waals surface area contributed by atoms with Gasteiger partial charge >= 0.3 is 5.97 Å². The number of anilines is 1. The predicted molar refractivity (Wildman–Crippen MR) is 96.1 cm³/mol. The van der Waals surface area contributed by atoms with E-state index in [0.29, 0.717) is 4.90 Å². The van der Waals surface area contributed by atoms with Gasteiger partial charge in [0.15, 0.2) is 0 Å². The third kappa shape index (κ3) is 6.69. The molecule has 1 rings (SSSR count). The molecule has 0 aromatic heterocycles. The number of benzene rings is 1. The Hall–Kier alpha value is -1.27. The molecule has 1 unspecified atom stereocenters. The number of esters is 1. The summed E-state index contributed by atoms with van der Waals surface area (Å²) in [5.74, 6) is -1.27. The van der Waals surface area contributed by atoms with Gasteiger partial charge in [0.1, 0.15) is 11.1 Å². The fourth-order valence-corrected chi connectivity index (χ4v) is 3.08. The highest BCUT2D eigenvalue weighted by molar-refractivity contribution is 8.00. The lowest BCUT2D eigenvalue weighted by Crippen LogP contribution is -2.20. The van der Waals surface area contributed by atoms with Crippen LogP contribution in [-0.4, -0.2) is 23.7 Å². The van der Waals surface area contributed by atoms with E-state index in [2.05, 4.69) is 5.32 Å². The third-order valence-electron chi connectivity index (χ3n) is 2.91. The molecule has 0 aliphatic heterocycles. The Balaban J connectivity index is 2.92. The maximum Gasteiger partial charge on any atom is 0.319 e. The number of hydrogen-bond donors (Lipinski definition) is 1. The Labute approximate surface area is 151 Å². The summed E-state index contributed by atoms with van der Waals surface area (Å²) in [6.07, 6.45) is 0.261. The van der Waals surface area contributed by atoms with Gasteiger partial charge in [-0.1, -0.05) is 32.4 Å². The topological polar surface area (TPSA) is 55.4 Å². The predicted octanol–water partition coefficient (Wildman–Crippen LogP) is 4.90. The first kappa shape index (κ1) is 20.8. The molecule has 0 saturated carbocycles. The lowest BCUT2D eigenvalue weighted by atomic mass is 9.92. The number of thioether (sulfide) groups is 1. The summed E-state index contributed by atoms with van der Waals surface area (Å²) < 4.78 is 19.0. The monoisotopic (exact) mass is 375 g/mol. The van der Waals surface area contributed by atoms with Crippen LogP contribution in [0.4, 0.5) is 10.1 Å². The van der Waals surface area contributed by atoms with Crippen LogP contribution in [0.25, 0.3) is 0 Å². The van der Waals surface area contributed by atoms with Crippen molar-refractivity contribution in [2.75, 3.05) is 11.9 Å². The van der Waals surface area contributed by atoms with Gasteiger partial charge in [0.25, 0.3) is 0 Å². The molecule has 0 aliphatic rings. The number of carbonyl (C=O) groups is 2. The fourth-order valence-electron chi connectivity index (χ4n) is 1.89. The standard InChI is InChI=1S/C17H23ClFNO3S/c1-6-23-16(22)10(2)24-14-8-13(12(19)7-11(14)18)20-15(21)9-17(3,4)5/h7-8,10H,6,9H2,1-5H3,(H,20,21). The van der Waals surface area contributed by atoms with E-state index in [9.17, 15) is 14.0 Å². The molecule has 0 saturated heterocycles. The lowest BCUT2D eigenvalue weighted by Gasteiger charge is -2.18. The van der Waals surface area contributed by atoms with Crippen LogP contribution in [0, 0.1) is 11.2 Å². The van der Waals surface area contributed by atoms with E-state index in [1.807, 2.05) is 20.8 Å². The summed E-state index contributed by atoms with van der Waals surface area (Å²) in [6.45, 7) is 9.46. The van der Waals surface area contributed by atoms with Crippen molar-refractivity contribution < 1.29 is 18.7 Å². The molecule has 1 N–H and O–H groups in total. The first-order valence-corrected chi connectivity index (χ1v) is 8.91. The highest BCUT2D eigenvalue weighted by Crippen LogP contribution is 2.35.